The van der Waals surface area contributed by atoms with E-state index in [1.807, 2.05) is 0 Å². The number of carbonyl (C=O) groups is 1. The van der Waals surface area contributed by atoms with Gasteiger partial charge in [-0.05, 0) is 36.8 Å². The molecule has 8 nitrogen and oxygen atoms in total. The third-order valence-corrected chi connectivity index (χ3v) is 4.36. The fraction of sp³-hybridized carbons (Fsp3) is 0.0500. The van der Waals surface area contributed by atoms with Gasteiger partial charge in [-0.3, -0.25) is 15.2 Å². The molecule has 0 aliphatic carbocycles. The monoisotopic (exact) mass is 426 g/mol. The van der Waals surface area contributed by atoms with Gasteiger partial charge in [-0.15, -0.1) is 0 Å². The van der Waals surface area contributed by atoms with E-state index in [1.54, 1.807) is 6.92 Å². The number of aromatic hydroxyl groups is 1. The molecule has 0 unspecified atom stereocenters. The minimum Gasteiger partial charge on any atom is -0.506 e. The van der Waals surface area contributed by atoms with E-state index in [1.165, 1.54) is 43.0 Å². The highest BCUT2D eigenvalue weighted by Crippen LogP contribution is 2.32. The molecule has 0 radical (unpaired) electrons. The number of anilines is 2. The van der Waals surface area contributed by atoms with Crippen molar-refractivity contribution < 1.29 is 14.3 Å². The number of hydrogen-bond donors (Lipinski definition) is 4. The van der Waals surface area contributed by atoms with Gasteiger partial charge in [0.2, 0.25) is 0 Å². The number of aromatic nitrogens is 2. The molecule has 0 saturated heterocycles. The number of aryl methyl sites for hydroxylation is 1. The Hall–Kier alpha value is -3.85. The van der Waals surface area contributed by atoms with Gasteiger partial charge in [0.1, 0.15) is 11.6 Å². The van der Waals surface area contributed by atoms with Gasteiger partial charge in [0.05, 0.1) is 29.3 Å². The summed E-state index contributed by atoms with van der Waals surface area (Å²) in [6.45, 7) is 1.66. The SMILES string of the molecule is Cc1cc(-c2ccncc2O)c(F)cc1C(=O)Nc1cnc(N/N=C\C=N)c(Cl)c1. The fourth-order valence-electron chi connectivity index (χ4n) is 2.67. The smallest absolute Gasteiger partial charge is 0.256 e. The second-order valence-corrected chi connectivity index (χ2v) is 6.51. The number of carbonyl (C=O) groups excluding carboxylic acids is 1. The van der Waals surface area contributed by atoms with E-state index in [2.05, 4.69) is 25.8 Å². The topological polar surface area (TPSA) is 123 Å². The van der Waals surface area contributed by atoms with Crippen LogP contribution >= 0.6 is 11.6 Å². The molecule has 0 aliphatic heterocycles. The minimum atomic E-state index is -0.660. The summed E-state index contributed by atoms with van der Waals surface area (Å²) in [6.07, 6.45) is 6.21. The molecule has 30 heavy (non-hydrogen) atoms. The van der Waals surface area contributed by atoms with E-state index in [4.69, 9.17) is 17.0 Å². The normalized spacial score (nSPS) is 10.8. The van der Waals surface area contributed by atoms with Gasteiger partial charge in [-0.25, -0.2) is 9.37 Å². The first-order valence-electron chi connectivity index (χ1n) is 8.59. The molecular formula is C20H16ClFN6O2. The van der Waals surface area contributed by atoms with E-state index < -0.39 is 11.7 Å². The van der Waals surface area contributed by atoms with Crippen molar-refractivity contribution in [2.75, 3.05) is 10.7 Å². The Morgan fingerprint density at radius 1 is 1.30 bits per heavy atom. The molecule has 2 aromatic heterocycles. The zero-order valence-electron chi connectivity index (χ0n) is 15.6. The molecule has 0 saturated carbocycles. The molecular weight excluding hydrogens is 411 g/mol. The number of nitrogens with one attached hydrogen (secondary N) is 3. The summed E-state index contributed by atoms with van der Waals surface area (Å²) in [5, 5.41) is 23.3. The van der Waals surface area contributed by atoms with E-state index in [9.17, 15) is 14.3 Å². The van der Waals surface area contributed by atoms with Crippen molar-refractivity contribution in [2.45, 2.75) is 6.92 Å². The lowest BCUT2D eigenvalue weighted by atomic mass is 9.99. The summed E-state index contributed by atoms with van der Waals surface area (Å²) in [5.41, 5.74) is 3.94. The van der Waals surface area contributed by atoms with Crippen LogP contribution in [0.25, 0.3) is 11.1 Å². The predicted octanol–water partition coefficient (Wildman–Crippen LogP) is 4.25. The number of halogens is 2. The second-order valence-electron chi connectivity index (χ2n) is 6.10. The Labute approximate surface area is 176 Å². The summed E-state index contributed by atoms with van der Waals surface area (Å²) in [7, 11) is 0. The average Bonchev–Trinajstić information content (AvgIpc) is 2.71. The fourth-order valence-corrected chi connectivity index (χ4v) is 2.88. The number of hydrogen-bond acceptors (Lipinski definition) is 7. The maximum atomic E-state index is 14.7. The molecule has 0 aliphatic rings. The van der Waals surface area contributed by atoms with Crippen molar-refractivity contribution in [1.29, 1.82) is 5.41 Å². The number of amides is 1. The van der Waals surface area contributed by atoms with Crippen molar-refractivity contribution in [3.05, 3.63) is 64.8 Å². The summed E-state index contributed by atoms with van der Waals surface area (Å²) < 4.78 is 14.7. The summed E-state index contributed by atoms with van der Waals surface area (Å²) in [5.74, 6) is -1.12. The zero-order valence-corrected chi connectivity index (χ0v) is 16.4. The van der Waals surface area contributed by atoms with E-state index >= 15 is 0 Å². The van der Waals surface area contributed by atoms with Crippen LogP contribution in [-0.4, -0.2) is 33.4 Å². The molecule has 10 heteroatoms. The standard InChI is InChI=1S/C20H16ClFN6O2/c1-11-6-15(13-2-4-24-10-18(13)29)17(22)8-14(11)20(30)27-12-7-16(21)19(25-9-12)28-26-5-3-23/h2-10,23,29H,1H3,(H,25,28)(H,27,30)/b23-3?,26-5-. The summed E-state index contributed by atoms with van der Waals surface area (Å²) in [6, 6.07) is 5.54. The first-order chi connectivity index (χ1) is 14.4. The Kier molecular flexibility index (Phi) is 6.33. The Morgan fingerprint density at radius 2 is 2.10 bits per heavy atom. The Morgan fingerprint density at radius 3 is 2.80 bits per heavy atom. The summed E-state index contributed by atoms with van der Waals surface area (Å²) in [4.78, 5) is 20.5. The molecule has 1 amide bonds. The third-order valence-electron chi connectivity index (χ3n) is 4.07. The maximum Gasteiger partial charge on any atom is 0.256 e. The quantitative estimate of drug-likeness (QED) is 0.346. The van der Waals surface area contributed by atoms with Crippen LogP contribution in [0.4, 0.5) is 15.9 Å². The molecule has 0 bridgehead atoms. The van der Waals surface area contributed by atoms with Gasteiger partial charge in [0, 0.05) is 29.1 Å². The lowest BCUT2D eigenvalue weighted by Gasteiger charge is -2.12. The molecule has 2 heterocycles. The minimum absolute atomic E-state index is 0.124. The largest absolute Gasteiger partial charge is 0.506 e. The van der Waals surface area contributed by atoms with Gasteiger partial charge in [0.25, 0.3) is 5.91 Å². The van der Waals surface area contributed by atoms with Crippen molar-refractivity contribution in [3.8, 4) is 16.9 Å². The van der Waals surface area contributed by atoms with Crippen molar-refractivity contribution in [2.24, 2.45) is 5.10 Å². The highest BCUT2D eigenvalue weighted by molar-refractivity contribution is 6.33. The predicted molar refractivity (Wildman–Crippen MR) is 114 cm³/mol. The molecule has 1 aromatic carbocycles. The Balaban J connectivity index is 1.83. The average molecular weight is 427 g/mol. The van der Waals surface area contributed by atoms with Crippen LogP contribution in [0.1, 0.15) is 15.9 Å². The van der Waals surface area contributed by atoms with Gasteiger partial charge in [-0.1, -0.05) is 11.6 Å². The van der Waals surface area contributed by atoms with Crippen LogP contribution < -0.4 is 10.7 Å². The molecule has 4 N–H and O–H groups in total. The number of nitrogens with zero attached hydrogens (tertiary/aromatic N) is 3. The van der Waals surface area contributed by atoms with Crippen molar-refractivity contribution in [3.63, 3.8) is 0 Å². The van der Waals surface area contributed by atoms with Crippen LogP contribution in [0, 0.1) is 18.2 Å². The van der Waals surface area contributed by atoms with Gasteiger partial charge < -0.3 is 15.8 Å². The van der Waals surface area contributed by atoms with Gasteiger partial charge in [-0.2, -0.15) is 5.10 Å². The molecule has 152 valence electrons. The Bertz CT molecular complexity index is 1150. The molecule has 0 spiro atoms. The summed E-state index contributed by atoms with van der Waals surface area (Å²) >= 11 is 6.10. The van der Waals surface area contributed by atoms with Crippen molar-refractivity contribution in [1.82, 2.24) is 9.97 Å². The first-order valence-corrected chi connectivity index (χ1v) is 8.97. The number of hydrazone groups is 1. The molecule has 0 atom stereocenters. The van der Waals surface area contributed by atoms with Crippen LogP contribution in [0.3, 0.4) is 0 Å². The van der Waals surface area contributed by atoms with Crippen molar-refractivity contribution >= 4 is 41.4 Å². The zero-order chi connectivity index (χ0) is 21.7. The molecule has 0 fully saturated rings. The second kappa shape index (κ2) is 9.10. The van der Waals surface area contributed by atoms with Crippen LogP contribution in [0.2, 0.25) is 5.02 Å². The van der Waals surface area contributed by atoms with E-state index in [0.29, 0.717) is 11.3 Å². The number of benzene rings is 1. The third kappa shape index (κ3) is 4.58. The first kappa shape index (κ1) is 20.9. The van der Waals surface area contributed by atoms with E-state index in [0.717, 1.165) is 12.3 Å². The van der Waals surface area contributed by atoms with E-state index in [-0.39, 0.29) is 33.3 Å². The maximum absolute atomic E-state index is 14.7. The van der Waals surface area contributed by atoms with Crippen LogP contribution in [0.5, 0.6) is 5.75 Å². The van der Waals surface area contributed by atoms with Gasteiger partial charge in [0.15, 0.2) is 5.82 Å². The number of rotatable bonds is 6. The van der Waals surface area contributed by atoms with Crippen LogP contribution in [-0.2, 0) is 0 Å². The lowest BCUT2D eigenvalue weighted by Crippen LogP contribution is -2.14. The molecule has 3 rings (SSSR count). The molecule has 3 aromatic rings. The highest BCUT2D eigenvalue weighted by Gasteiger charge is 2.17. The highest BCUT2D eigenvalue weighted by atomic mass is 35.5. The lowest BCUT2D eigenvalue weighted by molar-refractivity contribution is 0.102. The van der Waals surface area contributed by atoms with Crippen LogP contribution in [0.15, 0.2) is 48.0 Å². The number of pyridine rings is 2. The van der Waals surface area contributed by atoms with Gasteiger partial charge >= 0.3 is 0 Å².